The van der Waals surface area contributed by atoms with Crippen molar-refractivity contribution in [1.29, 1.82) is 0 Å². The topological polar surface area (TPSA) is 88.2 Å². The number of aryl methyl sites for hydroxylation is 1. The molecule has 146 valence electrons. The number of ether oxygens (including phenoxy) is 2. The predicted molar refractivity (Wildman–Crippen MR) is 106 cm³/mol. The first kappa shape index (κ1) is 18.4. The van der Waals surface area contributed by atoms with Crippen LogP contribution in [0.4, 0.5) is 0 Å². The average molecular weight is 390 g/mol. The Hall–Kier alpha value is -3.94. The van der Waals surface area contributed by atoms with Crippen molar-refractivity contribution in [2.24, 2.45) is 7.05 Å². The van der Waals surface area contributed by atoms with Crippen molar-refractivity contribution in [3.63, 3.8) is 0 Å². The molecule has 0 amide bonds. The average Bonchev–Trinajstić information content (AvgIpc) is 3.34. The van der Waals surface area contributed by atoms with E-state index in [1.807, 2.05) is 41.9 Å². The molecular formula is C21H18N4O4. The minimum Gasteiger partial charge on any atom is -0.465 e. The molecule has 8 heteroatoms. The molecule has 0 aliphatic carbocycles. The van der Waals surface area contributed by atoms with Gasteiger partial charge in [0, 0.05) is 12.6 Å². The number of hydrogen-bond acceptors (Lipinski definition) is 6. The van der Waals surface area contributed by atoms with E-state index in [1.165, 1.54) is 18.9 Å². The van der Waals surface area contributed by atoms with Crippen LogP contribution in [0.3, 0.4) is 0 Å². The van der Waals surface area contributed by atoms with Crippen molar-refractivity contribution >= 4 is 23.0 Å². The van der Waals surface area contributed by atoms with Crippen LogP contribution in [0.2, 0.25) is 0 Å². The van der Waals surface area contributed by atoms with Gasteiger partial charge in [-0.25, -0.2) is 19.3 Å². The summed E-state index contributed by atoms with van der Waals surface area (Å²) >= 11 is 0. The van der Waals surface area contributed by atoms with E-state index < -0.39 is 11.9 Å². The minimum atomic E-state index is -0.686. The van der Waals surface area contributed by atoms with E-state index in [4.69, 9.17) is 9.47 Å². The standard InChI is InChI=1S/C21H18N4O4/c1-24-12-22-15-10-9-13(11-16(15)24)18-17(20(26)28-2)19(21(27)29-3)25(23-18)14-7-5-4-6-8-14/h4-12H,1-3H3. The molecule has 0 bridgehead atoms. The van der Waals surface area contributed by atoms with Crippen LogP contribution in [0.25, 0.3) is 28.0 Å². The number of benzene rings is 2. The van der Waals surface area contributed by atoms with Gasteiger partial charge in [0.15, 0.2) is 5.69 Å². The summed E-state index contributed by atoms with van der Waals surface area (Å²) in [7, 11) is 4.40. The first-order valence-corrected chi connectivity index (χ1v) is 8.81. The Morgan fingerprint density at radius 2 is 1.69 bits per heavy atom. The van der Waals surface area contributed by atoms with E-state index >= 15 is 0 Å². The monoisotopic (exact) mass is 390 g/mol. The maximum absolute atomic E-state index is 12.7. The third-order valence-electron chi connectivity index (χ3n) is 4.65. The maximum atomic E-state index is 12.7. The largest absolute Gasteiger partial charge is 0.465 e. The molecule has 0 saturated heterocycles. The van der Waals surface area contributed by atoms with Gasteiger partial charge in [-0.15, -0.1) is 0 Å². The van der Waals surface area contributed by atoms with E-state index in [0.29, 0.717) is 16.9 Å². The lowest BCUT2D eigenvalue weighted by Crippen LogP contribution is -2.15. The van der Waals surface area contributed by atoms with Crippen LogP contribution in [0, 0.1) is 0 Å². The second kappa shape index (κ2) is 7.23. The summed E-state index contributed by atoms with van der Waals surface area (Å²) in [6, 6.07) is 14.6. The molecule has 0 N–H and O–H groups in total. The highest BCUT2D eigenvalue weighted by Crippen LogP contribution is 2.30. The normalized spacial score (nSPS) is 10.9. The lowest BCUT2D eigenvalue weighted by Gasteiger charge is -2.07. The van der Waals surface area contributed by atoms with Gasteiger partial charge in [0.25, 0.3) is 0 Å². The number of carbonyl (C=O) groups excluding carboxylic acids is 2. The Kier molecular flexibility index (Phi) is 4.59. The van der Waals surface area contributed by atoms with Gasteiger partial charge in [0.05, 0.1) is 37.3 Å². The molecule has 8 nitrogen and oxygen atoms in total. The van der Waals surface area contributed by atoms with Gasteiger partial charge in [0.2, 0.25) is 0 Å². The Labute approximate surface area is 166 Å². The third-order valence-corrected chi connectivity index (χ3v) is 4.65. The first-order chi connectivity index (χ1) is 14.0. The molecular weight excluding hydrogens is 372 g/mol. The van der Waals surface area contributed by atoms with Crippen LogP contribution in [0.5, 0.6) is 0 Å². The summed E-state index contributed by atoms with van der Waals surface area (Å²) in [6.07, 6.45) is 1.71. The number of nitrogens with zero attached hydrogens (tertiary/aromatic N) is 4. The third kappa shape index (κ3) is 3.04. The summed E-state index contributed by atoms with van der Waals surface area (Å²) in [5.74, 6) is -1.36. The Bertz CT molecular complexity index is 1220. The molecule has 4 rings (SSSR count). The van der Waals surface area contributed by atoms with Crippen molar-refractivity contribution in [3.05, 3.63) is 66.1 Å². The van der Waals surface area contributed by atoms with Gasteiger partial charge >= 0.3 is 11.9 Å². The minimum absolute atomic E-state index is 0.00523. The van der Waals surface area contributed by atoms with Gasteiger partial charge in [-0.05, 0) is 24.3 Å². The van der Waals surface area contributed by atoms with Crippen LogP contribution in [-0.4, -0.2) is 45.5 Å². The molecule has 2 heterocycles. The predicted octanol–water partition coefficient (Wildman–Crippen LogP) is 3.00. The number of hydrogen-bond donors (Lipinski definition) is 0. The molecule has 0 atom stereocenters. The second-order valence-corrected chi connectivity index (χ2v) is 6.36. The Balaban J connectivity index is 2.04. The van der Waals surface area contributed by atoms with Crippen LogP contribution in [0.1, 0.15) is 20.8 Å². The van der Waals surface area contributed by atoms with Crippen LogP contribution in [-0.2, 0) is 16.5 Å². The zero-order valence-electron chi connectivity index (χ0n) is 16.1. The number of para-hydroxylation sites is 1. The highest BCUT2D eigenvalue weighted by Gasteiger charge is 2.31. The number of imidazole rings is 1. The van der Waals surface area contributed by atoms with Gasteiger partial charge in [-0.2, -0.15) is 5.10 Å². The van der Waals surface area contributed by atoms with E-state index in [-0.39, 0.29) is 11.3 Å². The fourth-order valence-electron chi connectivity index (χ4n) is 3.23. The van der Waals surface area contributed by atoms with E-state index in [9.17, 15) is 9.59 Å². The fourth-order valence-corrected chi connectivity index (χ4v) is 3.23. The van der Waals surface area contributed by atoms with Crippen LogP contribution < -0.4 is 0 Å². The number of rotatable bonds is 4. The maximum Gasteiger partial charge on any atom is 0.357 e. The highest BCUT2D eigenvalue weighted by atomic mass is 16.5. The van der Waals surface area contributed by atoms with Crippen LogP contribution >= 0.6 is 0 Å². The number of methoxy groups -OCH3 is 2. The Morgan fingerprint density at radius 1 is 0.966 bits per heavy atom. The molecule has 0 saturated carbocycles. The molecule has 0 fully saturated rings. The number of esters is 2. The molecule has 0 spiro atoms. The second-order valence-electron chi connectivity index (χ2n) is 6.36. The van der Waals surface area contributed by atoms with Crippen molar-refractivity contribution in [3.8, 4) is 16.9 Å². The molecule has 0 aliphatic rings. The van der Waals surface area contributed by atoms with Crippen molar-refractivity contribution < 1.29 is 19.1 Å². The van der Waals surface area contributed by atoms with Gasteiger partial charge < -0.3 is 14.0 Å². The van der Waals surface area contributed by atoms with E-state index in [1.54, 1.807) is 24.5 Å². The summed E-state index contributed by atoms with van der Waals surface area (Å²) in [5.41, 5.74) is 3.32. The van der Waals surface area contributed by atoms with Crippen molar-refractivity contribution in [1.82, 2.24) is 19.3 Å². The van der Waals surface area contributed by atoms with Gasteiger partial charge in [0.1, 0.15) is 11.3 Å². The molecule has 4 aromatic rings. The molecule has 2 aromatic heterocycles. The van der Waals surface area contributed by atoms with E-state index in [0.717, 1.165) is 11.0 Å². The lowest BCUT2D eigenvalue weighted by molar-refractivity contribution is 0.0549. The fraction of sp³-hybridized carbons (Fsp3) is 0.143. The quantitative estimate of drug-likeness (QED) is 0.498. The summed E-state index contributed by atoms with van der Waals surface area (Å²) in [6.45, 7) is 0. The summed E-state index contributed by atoms with van der Waals surface area (Å²) < 4.78 is 13.2. The number of aromatic nitrogens is 4. The highest BCUT2D eigenvalue weighted by molar-refractivity contribution is 6.07. The zero-order chi connectivity index (χ0) is 20.5. The SMILES string of the molecule is COC(=O)c1c(-c2ccc3ncn(C)c3c2)nn(-c2ccccc2)c1C(=O)OC. The van der Waals surface area contributed by atoms with Gasteiger partial charge in [-0.1, -0.05) is 24.3 Å². The molecule has 0 unspecified atom stereocenters. The van der Waals surface area contributed by atoms with Crippen molar-refractivity contribution in [2.45, 2.75) is 0 Å². The van der Waals surface area contributed by atoms with Gasteiger partial charge in [-0.3, -0.25) is 0 Å². The Morgan fingerprint density at radius 3 is 2.38 bits per heavy atom. The van der Waals surface area contributed by atoms with Crippen LogP contribution in [0.15, 0.2) is 54.9 Å². The molecule has 0 radical (unpaired) electrons. The molecule has 2 aromatic carbocycles. The van der Waals surface area contributed by atoms with E-state index in [2.05, 4.69) is 10.1 Å². The molecule has 0 aliphatic heterocycles. The lowest BCUT2D eigenvalue weighted by atomic mass is 10.0. The molecule has 29 heavy (non-hydrogen) atoms. The van der Waals surface area contributed by atoms with Crippen molar-refractivity contribution in [2.75, 3.05) is 14.2 Å². The number of fused-ring (bicyclic) bond motifs is 1. The zero-order valence-corrected chi connectivity index (χ0v) is 16.1. The summed E-state index contributed by atoms with van der Waals surface area (Å²) in [5, 5.41) is 4.59. The summed E-state index contributed by atoms with van der Waals surface area (Å²) in [4.78, 5) is 29.6. The smallest absolute Gasteiger partial charge is 0.357 e. The first-order valence-electron chi connectivity index (χ1n) is 8.81. The number of carbonyl (C=O) groups is 2.